The smallest absolute Gasteiger partial charge is 0.118 e. The van der Waals surface area contributed by atoms with Crippen molar-refractivity contribution in [2.24, 2.45) is 5.73 Å². The highest BCUT2D eigenvalue weighted by molar-refractivity contribution is 5.28. The van der Waals surface area contributed by atoms with E-state index in [9.17, 15) is 0 Å². The minimum atomic E-state index is -0.233. The monoisotopic (exact) mass is 251 g/mol. The van der Waals surface area contributed by atoms with E-state index in [4.69, 9.17) is 15.2 Å². The van der Waals surface area contributed by atoms with Crippen molar-refractivity contribution >= 4 is 0 Å². The lowest BCUT2D eigenvalue weighted by Crippen LogP contribution is -2.40. The minimum absolute atomic E-state index is 0.233. The molecule has 0 aliphatic heterocycles. The fraction of sp³-hybridized carbons (Fsp3) is 0.600. The predicted molar refractivity (Wildman–Crippen MR) is 75.0 cm³/mol. The standard InChI is InChI=1S/C15H25NO2/c1-12(2)18-10-9-15(3,16)11-13-5-7-14(17-4)8-6-13/h5-8,12H,9-11,16H2,1-4H3. The van der Waals surface area contributed by atoms with Gasteiger partial charge in [0.05, 0.1) is 13.2 Å². The first-order chi connectivity index (χ1) is 8.43. The molecule has 1 atom stereocenters. The lowest BCUT2D eigenvalue weighted by Gasteiger charge is -2.25. The van der Waals surface area contributed by atoms with Gasteiger partial charge >= 0.3 is 0 Å². The van der Waals surface area contributed by atoms with Crippen LogP contribution in [0.3, 0.4) is 0 Å². The molecule has 0 aromatic heterocycles. The molecule has 1 aromatic rings. The highest BCUT2D eigenvalue weighted by Gasteiger charge is 2.19. The maximum absolute atomic E-state index is 6.29. The van der Waals surface area contributed by atoms with Crippen molar-refractivity contribution in [1.82, 2.24) is 0 Å². The van der Waals surface area contributed by atoms with Crippen LogP contribution in [0.25, 0.3) is 0 Å². The second-order valence-electron chi connectivity index (χ2n) is 5.35. The van der Waals surface area contributed by atoms with Gasteiger partial charge in [0.15, 0.2) is 0 Å². The molecule has 0 bridgehead atoms. The molecule has 0 heterocycles. The Morgan fingerprint density at radius 2 is 1.83 bits per heavy atom. The van der Waals surface area contributed by atoms with Gasteiger partial charge < -0.3 is 15.2 Å². The number of hydrogen-bond acceptors (Lipinski definition) is 3. The fourth-order valence-corrected chi connectivity index (χ4v) is 1.83. The van der Waals surface area contributed by atoms with Crippen molar-refractivity contribution in [1.29, 1.82) is 0 Å². The molecule has 3 nitrogen and oxygen atoms in total. The fourth-order valence-electron chi connectivity index (χ4n) is 1.83. The lowest BCUT2D eigenvalue weighted by molar-refractivity contribution is 0.0663. The van der Waals surface area contributed by atoms with Gasteiger partial charge in [0.2, 0.25) is 0 Å². The molecule has 0 saturated heterocycles. The van der Waals surface area contributed by atoms with Crippen LogP contribution in [0.15, 0.2) is 24.3 Å². The van der Waals surface area contributed by atoms with E-state index in [0.717, 1.165) is 18.6 Å². The first-order valence-corrected chi connectivity index (χ1v) is 6.46. The average Bonchev–Trinajstić information content (AvgIpc) is 2.28. The minimum Gasteiger partial charge on any atom is -0.497 e. The molecular weight excluding hydrogens is 226 g/mol. The third kappa shape index (κ3) is 5.52. The van der Waals surface area contributed by atoms with Crippen LogP contribution in [-0.4, -0.2) is 25.4 Å². The molecule has 3 heteroatoms. The summed E-state index contributed by atoms with van der Waals surface area (Å²) in [6.07, 6.45) is 1.97. The van der Waals surface area contributed by atoms with Crippen LogP contribution in [0.2, 0.25) is 0 Å². The van der Waals surface area contributed by atoms with Gasteiger partial charge in [0.25, 0.3) is 0 Å². The molecule has 0 saturated carbocycles. The quantitative estimate of drug-likeness (QED) is 0.810. The second kappa shape index (κ2) is 6.76. The molecule has 0 fully saturated rings. The number of methoxy groups -OCH3 is 1. The third-order valence-electron chi connectivity index (χ3n) is 2.89. The van der Waals surface area contributed by atoms with Crippen LogP contribution in [0.1, 0.15) is 32.8 Å². The molecular formula is C15H25NO2. The molecule has 18 heavy (non-hydrogen) atoms. The van der Waals surface area contributed by atoms with Gasteiger partial charge in [-0.15, -0.1) is 0 Å². The Bertz CT molecular complexity index is 344. The molecule has 0 radical (unpaired) electrons. The summed E-state index contributed by atoms with van der Waals surface area (Å²) >= 11 is 0. The molecule has 2 N–H and O–H groups in total. The normalized spacial score (nSPS) is 14.6. The summed E-state index contributed by atoms with van der Waals surface area (Å²) in [7, 11) is 1.67. The largest absolute Gasteiger partial charge is 0.497 e. The molecule has 1 unspecified atom stereocenters. The van der Waals surface area contributed by atoms with Gasteiger partial charge in [-0.25, -0.2) is 0 Å². The highest BCUT2D eigenvalue weighted by atomic mass is 16.5. The number of rotatable bonds is 7. The molecule has 102 valence electrons. The van der Waals surface area contributed by atoms with Gasteiger partial charge in [-0.05, 0) is 51.3 Å². The predicted octanol–water partition coefficient (Wildman–Crippen LogP) is 2.77. The summed E-state index contributed by atoms with van der Waals surface area (Å²) in [5.41, 5.74) is 7.29. The Hall–Kier alpha value is -1.06. The van der Waals surface area contributed by atoms with Gasteiger partial charge in [-0.3, -0.25) is 0 Å². The van der Waals surface area contributed by atoms with Crippen LogP contribution in [0.4, 0.5) is 0 Å². The Morgan fingerprint density at radius 3 is 2.33 bits per heavy atom. The zero-order chi connectivity index (χ0) is 13.6. The van der Waals surface area contributed by atoms with Crippen molar-refractivity contribution in [2.45, 2.75) is 45.3 Å². The summed E-state index contributed by atoms with van der Waals surface area (Å²) in [4.78, 5) is 0. The second-order valence-corrected chi connectivity index (χ2v) is 5.35. The van der Waals surface area contributed by atoms with E-state index in [2.05, 4.69) is 19.1 Å². The first-order valence-electron chi connectivity index (χ1n) is 6.46. The van der Waals surface area contributed by atoms with Crippen molar-refractivity contribution in [3.05, 3.63) is 29.8 Å². The molecule has 0 spiro atoms. The molecule has 0 aliphatic rings. The summed E-state index contributed by atoms with van der Waals surface area (Å²) in [6.45, 7) is 6.86. The third-order valence-corrected chi connectivity index (χ3v) is 2.89. The van der Waals surface area contributed by atoms with Crippen molar-refractivity contribution < 1.29 is 9.47 Å². The van der Waals surface area contributed by atoms with Crippen LogP contribution in [0.5, 0.6) is 5.75 Å². The number of hydrogen-bond donors (Lipinski definition) is 1. The molecule has 1 rings (SSSR count). The van der Waals surface area contributed by atoms with E-state index in [1.165, 1.54) is 5.56 Å². The molecule has 0 amide bonds. The maximum atomic E-state index is 6.29. The lowest BCUT2D eigenvalue weighted by atomic mass is 9.91. The van der Waals surface area contributed by atoms with Crippen molar-refractivity contribution in [3.63, 3.8) is 0 Å². The van der Waals surface area contributed by atoms with Gasteiger partial charge in [0, 0.05) is 12.1 Å². The van der Waals surface area contributed by atoms with E-state index in [0.29, 0.717) is 6.61 Å². The zero-order valence-corrected chi connectivity index (χ0v) is 11.9. The molecule has 0 aliphatic carbocycles. The Balaban J connectivity index is 2.47. The van der Waals surface area contributed by atoms with Gasteiger partial charge in [-0.2, -0.15) is 0 Å². The summed E-state index contributed by atoms with van der Waals surface area (Å²) < 4.78 is 10.7. The topological polar surface area (TPSA) is 44.5 Å². The number of nitrogens with two attached hydrogens (primary N) is 1. The van der Waals surface area contributed by atoms with Crippen LogP contribution in [0, 0.1) is 0 Å². The maximum Gasteiger partial charge on any atom is 0.118 e. The average molecular weight is 251 g/mol. The Kier molecular flexibility index (Phi) is 5.63. The van der Waals surface area contributed by atoms with E-state index in [-0.39, 0.29) is 11.6 Å². The molecule has 1 aromatic carbocycles. The van der Waals surface area contributed by atoms with Gasteiger partial charge in [0.1, 0.15) is 5.75 Å². The van der Waals surface area contributed by atoms with E-state index in [1.807, 2.05) is 26.0 Å². The zero-order valence-electron chi connectivity index (χ0n) is 11.9. The SMILES string of the molecule is COc1ccc(CC(C)(N)CCOC(C)C)cc1. The summed E-state index contributed by atoms with van der Waals surface area (Å²) in [6, 6.07) is 8.06. The summed E-state index contributed by atoms with van der Waals surface area (Å²) in [5, 5.41) is 0. The van der Waals surface area contributed by atoms with Crippen molar-refractivity contribution in [2.75, 3.05) is 13.7 Å². The highest BCUT2D eigenvalue weighted by Crippen LogP contribution is 2.18. The summed E-state index contributed by atoms with van der Waals surface area (Å²) in [5.74, 6) is 0.876. The van der Waals surface area contributed by atoms with Crippen LogP contribution >= 0.6 is 0 Å². The van der Waals surface area contributed by atoms with E-state index >= 15 is 0 Å². The van der Waals surface area contributed by atoms with Crippen molar-refractivity contribution in [3.8, 4) is 5.75 Å². The van der Waals surface area contributed by atoms with E-state index < -0.39 is 0 Å². The first kappa shape index (κ1) is 15.0. The van der Waals surface area contributed by atoms with Crippen LogP contribution < -0.4 is 10.5 Å². The van der Waals surface area contributed by atoms with Gasteiger partial charge in [-0.1, -0.05) is 12.1 Å². The van der Waals surface area contributed by atoms with Crippen LogP contribution in [-0.2, 0) is 11.2 Å². The Labute approximate surface area is 110 Å². The Morgan fingerprint density at radius 1 is 1.22 bits per heavy atom. The number of benzene rings is 1. The number of ether oxygens (including phenoxy) is 2. The van der Waals surface area contributed by atoms with E-state index in [1.54, 1.807) is 7.11 Å².